The molecule has 3 fully saturated rings. The number of halogens is 1. The average molecular weight is 491 g/mol. The van der Waals surface area contributed by atoms with Gasteiger partial charge in [0.25, 0.3) is 0 Å². The van der Waals surface area contributed by atoms with Gasteiger partial charge in [0, 0.05) is 12.0 Å². The van der Waals surface area contributed by atoms with Gasteiger partial charge in [0.2, 0.25) is 0 Å². The van der Waals surface area contributed by atoms with E-state index in [1.54, 1.807) is 12.1 Å². The number of nitrogens with zero attached hydrogens (tertiary/aromatic N) is 2. The van der Waals surface area contributed by atoms with Crippen molar-refractivity contribution >= 4 is 5.97 Å². The number of benzene rings is 2. The van der Waals surface area contributed by atoms with E-state index in [1.165, 1.54) is 18.1 Å². The van der Waals surface area contributed by atoms with Gasteiger partial charge in [0.05, 0.1) is 23.7 Å². The van der Waals surface area contributed by atoms with Crippen LogP contribution < -0.4 is 4.74 Å². The van der Waals surface area contributed by atoms with Gasteiger partial charge in [0.1, 0.15) is 0 Å². The third kappa shape index (κ3) is 5.27. The first-order valence-corrected chi connectivity index (χ1v) is 13.3. The van der Waals surface area contributed by atoms with Crippen molar-refractivity contribution in [2.24, 2.45) is 16.7 Å². The second-order valence-corrected chi connectivity index (χ2v) is 11.3. The Kier molecular flexibility index (Phi) is 7.03. The molecule has 1 unspecified atom stereocenters. The molecule has 1 aliphatic heterocycles. The molecule has 1 heterocycles. The lowest BCUT2D eigenvalue weighted by atomic mass is 9.67. The van der Waals surface area contributed by atoms with Gasteiger partial charge in [-0.25, -0.2) is 4.39 Å². The summed E-state index contributed by atoms with van der Waals surface area (Å²) in [6, 6.07) is 17.0. The lowest BCUT2D eigenvalue weighted by molar-refractivity contribution is -0.156. The monoisotopic (exact) mass is 490 g/mol. The van der Waals surface area contributed by atoms with Crippen molar-refractivity contribution < 1.29 is 19.0 Å². The summed E-state index contributed by atoms with van der Waals surface area (Å²) in [6.45, 7) is 2.76. The molecule has 5 nitrogen and oxygen atoms in total. The summed E-state index contributed by atoms with van der Waals surface area (Å²) in [4.78, 5) is 14.2. The Morgan fingerprint density at radius 2 is 1.89 bits per heavy atom. The Balaban J connectivity index is 1.23. The van der Waals surface area contributed by atoms with Crippen molar-refractivity contribution in [2.75, 3.05) is 26.2 Å². The van der Waals surface area contributed by atoms with Crippen LogP contribution in [0.4, 0.5) is 4.39 Å². The SMILES string of the molecule is N#Cc1ccc(OCC2(CC[C@@H]3CC3c3ccccc3)CCN(CC3(C(=O)O)CCC3)CC2)c(F)c1. The van der Waals surface area contributed by atoms with E-state index < -0.39 is 17.2 Å². The van der Waals surface area contributed by atoms with Crippen LogP contribution in [-0.4, -0.2) is 42.2 Å². The van der Waals surface area contributed by atoms with Gasteiger partial charge < -0.3 is 14.7 Å². The Hall–Kier alpha value is -2.91. The molecular formula is C30H35FN2O3. The first-order valence-electron chi connectivity index (χ1n) is 13.3. The number of carbonyl (C=O) groups is 1. The first-order chi connectivity index (χ1) is 17.4. The predicted octanol–water partition coefficient (Wildman–Crippen LogP) is 6.00. The summed E-state index contributed by atoms with van der Waals surface area (Å²) in [5.74, 6) is 0.351. The van der Waals surface area contributed by atoms with E-state index in [9.17, 15) is 14.3 Å². The van der Waals surface area contributed by atoms with Crippen LogP contribution in [0.1, 0.15) is 68.4 Å². The molecule has 36 heavy (non-hydrogen) atoms. The number of hydrogen-bond donors (Lipinski definition) is 1. The first kappa shape index (κ1) is 24.8. The minimum Gasteiger partial charge on any atom is -0.490 e. The minimum atomic E-state index is -0.661. The number of aliphatic carboxylic acids is 1. The lowest BCUT2D eigenvalue weighted by Crippen LogP contribution is -2.51. The van der Waals surface area contributed by atoms with Crippen molar-refractivity contribution in [3.05, 3.63) is 65.5 Å². The molecule has 2 atom stereocenters. The quantitative estimate of drug-likeness (QED) is 0.442. The fourth-order valence-corrected chi connectivity index (χ4v) is 6.21. The van der Waals surface area contributed by atoms with E-state index in [0.717, 1.165) is 58.0 Å². The summed E-state index contributed by atoms with van der Waals surface area (Å²) in [6.07, 6.45) is 7.75. The van der Waals surface area contributed by atoms with Crippen LogP contribution in [0.15, 0.2) is 48.5 Å². The fourth-order valence-electron chi connectivity index (χ4n) is 6.21. The van der Waals surface area contributed by atoms with Crippen molar-refractivity contribution in [1.29, 1.82) is 5.26 Å². The highest BCUT2D eigenvalue weighted by atomic mass is 19.1. The van der Waals surface area contributed by atoms with Gasteiger partial charge in [-0.2, -0.15) is 5.26 Å². The van der Waals surface area contributed by atoms with E-state index in [-0.39, 0.29) is 16.7 Å². The normalized spacial score (nSPS) is 24.3. The zero-order valence-corrected chi connectivity index (χ0v) is 20.8. The Bertz CT molecular complexity index is 1120. The van der Waals surface area contributed by atoms with Crippen molar-refractivity contribution in [1.82, 2.24) is 4.90 Å². The smallest absolute Gasteiger partial charge is 0.310 e. The lowest BCUT2D eigenvalue weighted by Gasteiger charge is -2.46. The van der Waals surface area contributed by atoms with Crippen LogP contribution in [0.5, 0.6) is 5.75 Å². The number of piperidine rings is 1. The van der Waals surface area contributed by atoms with E-state index in [0.29, 0.717) is 25.0 Å². The van der Waals surface area contributed by atoms with Gasteiger partial charge in [0.15, 0.2) is 11.6 Å². The van der Waals surface area contributed by atoms with Crippen LogP contribution in [0.3, 0.4) is 0 Å². The molecule has 0 bridgehead atoms. The summed E-state index contributed by atoms with van der Waals surface area (Å²) >= 11 is 0. The molecule has 2 aliphatic carbocycles. The molecule has 0 amide bonds. The van der Waals surface area contributed by atoms with Crippen molar-refractivity contribution in [2.45, 2.75) is 57.3 Å². The van der Waals surface area contributed by atoms with Gasteiger partial charge in [-0.1, -0.05) is 36.8 Å². The number of carboxylic acid groups (broad SMARTS) is 1. The molecule has 2 aromatic carbocycles. The maximum Gasteiger partial charge on any atom is 0.310 e. The summed E-state index contributed by atoms with van der Waals surface area (Å²) in [7, 11) is 0. The van der Waals surface area contributed by atoms with Crippen LogP contribution in [-0.2, 0) is 4.79 Å². The van der Waals surface area contributed by atoms with Gasteiger partial charge in [-0.15, -0.1) is 0 Å². The maximum atomic E-state index is 14.5. The number of nitriles is 1. The highest BCUT2D eigenvalue weighted by molar-refractivity contribution is 5.76. The fraction of sp³-hybridized carbons (Fsp3) is 0.533. The second kappa shape index (κ2) is 10.2. The molecule has 2 aromatic rings. The summed E-state index contributed by atoms with van der Waals surface area (Å²) in [5, 5.41) is 18.8. The van der Waals surface area contributed by atoms with Crippen LogP contribution in [0.25, 0.3) is 0 Å². The molecule has 1 N–H and O–H groups in total. The maximum absolute atomic E-state index is 14.5. The standard InChI is InChI=1S/C30H35FN2O3/c31-26-17-22(19-32)7-8-27(26)36-21-29(12-9-24-18-25(24)23-5-2-1-3-6-23)13-15-33(16-14-29)20-30(28(34)35)10-4-11-30/h1-3,5-8,17,24-25H,4,9-16,18,20-21H2,(H,34,35)/t24-,25?/m1/s1. The third-order valence-electron chi connectivity index (χ3n) is 9.00. The Morgan fingerprint density at radius 3 is 2.50 bits per heavy atom. The molecular weight excluding hydrogens is 455 g/mol. The van der Waals surface area contributed by atoms with Gasteiger partial charge in [-0.3, -0.25) is 4.79 Å². The average Bonchev–Trinajstić information content (AvgIpc) is 3.65. The highest BCUT2D eigenvalue weighted by Crippen LogP contribution is 2.52. The van der Waals surface area contributed by atoms with Gasteiger partial charge >= 0.3 is 5.97 Å². The second-order valence-electron chi connectivity index (χ2n) is 11.3. The van der Waals surface area contributed by atoms with E-state index >= 15 is 0 Å². The molecule has 0 aromatic heterocycles. The van der Waals surface area contributed by atoms with Crippen LogP contribution in [0.2, 0.25) is 0 Å². The molecule has 3 aliphatic rings. The van der Waals surface area contributed by atoms with Crippen LogP contribution in [0, 0.1) is 33.9 Å². The molecule has 1 saturated heterocycles. The molecule has 2 saturated carbocycles. The number of likely N-dealkylation sites (tertiary alicyclic amines) is 1. The molecule has 5 rings (SSSR count). The topological polar surface area (TPSA) is 73.6 Å². The number of hydrogen-bond acceptors (Lipinski definition) is 4. The molecule has 0 radical (unpaired) electrons. The number of ether oxygens (including phenoxy) is 1. The summed E-state index contributed by atoms with van der Waals surface area (Å²) in [5.41, 5.74) is 1.07. The minimum absolute atomic E-state index is 0.0589. The number of rotatable bonds is 10. The van der Waals surface area contributed by atoms with Gasteiger partial charge in [-0.05, 0) is 93.6 Å². The molecule has 6 heteroatoms. The Morgan fingerprint density at radius 1 is 1.14 bits per heavy atom. The predicted molar refractivity (Wildman–Crippen MR) is 135 cm³/mol. The van der Waals surface area contributed by atoms with E-state index in [1.807, 2.05) is 6.07 Å². The molecule has 0 spiro atoms. The highest BCUT2D eigenvalue weighted by Gasteiger charge is 2.47. The zero-order chi connectivity index (χ0) is 25.2. The van der Waals surface area contributed by atoms with E-state index in [4.69, 9.17) is 10.00 Å². The largest absolute Gasteiger partial charge is 0.490 e. The van der Waals surface area contributed by atoms with Crippen LogP contribution >= 0.6 is 0 Å². The molecule has 190 valence electrons. The summed E-state index contributed by atoms with van der Waals surface area (Å²) < 4.78 is 20.6. The zero-order valence-electron chi connectivity index (χ0n) is 20.8. The van der Waals surface area contributed by atoms with E-state index in [2.05, 4.69) is 35.2 Å². The third-order valence-corrected chi connectivity index (χ3v) is 9.00. The number of carboxylic acids is 1. The Labute approximate surface area is 212 Å². The van der Waals surface area contributed by atoms with Crippen molar-refractivity contribution in [3.8, 4) is 11.8 Å². The van der Waals surface area contributed by atoms with Crippen molar-refractivity contribution in [3.63, 3.8) is 0 Å².